The number of hydrogen-bond donors (Lipinski definition) is 1. The molecule has 7 nitrogen and oxygen atoms in total. The van der Waals surface area contributed by atoms with E-state index in [9.17, 15) is 4.79 Å². The summed E-state index contributed by atoms with van der Waals surface area (Å²) in [5, 5.41) is 7.69. The van der Waals surface area contributed by atoms with Crippen molar-refractivity contribution in [2.75, 3.05) is 19.0 Å². The largest absolute Gasteiger partial charge is 0.493 e. The summed E-state index contributed by atoms with van der Waals surface area (Å²) in [4.78, 5) is 17.4. The molecular weight excluding hydrogens is 344 g/mol. The van der Waals surface area contributed by atoms with Crippen LogP contribution in [0.5, 0.6) is 11.5 Å². The number of aromatic nitrogens is 3. The molecule has 0 fully saturated rings. The lowest BCUT2D eigenvalue weighted by Crippen LogP contribution is -2.36. The molecule has 0 bridgehead atoms. The molecule has 142 valence electrons. The lowest BCUT2D eigenvalue weighted by molar-refractivity contribution is -0.118. The van der Waals surface area contributed by atoms with E-state index >= 15 is 0 Å². The Morgan fingerprint density at radius 1 is 1.30 bits per heavy atom. The van der Waals surface area contributed by atoms with Crippen LogP contribution < -0.4 is 14.8 Å². The minimum absolute atomic E-state index is 0.0772. The molecular formula is C20H24N4O3. The molecule has 2 heterocycles. The first-order chi connectivity index (χ1) is 12.9. The van der Waals surface area contributed by atoms with Crippen molar-refractivity contribution in [3.05, 3.63) is 41.4 Å². The highest BCUT2D eigenvalue weighted by molar-refractivity contribution is 6.00. The fourth-order valence-corrected chi connectivity index (χ4v) is 3.99. The van der Waals surface area contributed by atoms with Gasteiger partial charge in [-0.2, -0.15) is 10.1 Å². The lowest BCUT2D eigenvalue weighted by atomic mass is 9.73. The number of Topliss-reactive ketones (excluding diaryl/α,β-unsaturated/α-hetero) is 1. The standard InChI is InChI=1S/C20H24N4O3/c1-5-27-15-7-6-12(8-16(15)26-4)18-17-13(9-20(2,3)10-14(17)25)23-19-21-11-22-24(18)19/h6-8,11,18H,5,9-10H2,1-4H3,(H,21,22,23)/t18-/m1/s1. The van der Waals surface area contributed by atoms with Gasteiger partial charge in [-0.1, -0.05) is 19.9 Å². The number of hydrogen-bond acceptors (Lipinski definition) is 6. The fourth-order valence-electron chi connectivity index (χ4n) is 3.99. The van der Waals surface area contributed by atoms with Crippen LogP contribution in [-0.4, -0.2) is 34.3 Å². The summed E-state index contributed by atoms with van der Waals surface area (Å²) in [6.45, 7) is 6.72. The Labute approximate surface area is 158 Å². The maximum atomic E-state index is 13.1. The molecule has 1 N–H and O–H groups in total. The highest BCUT2D eigenvalue weighted by Gasteiger charge is 2.41. The molecule has 2 aliphatic rings. The topological polar surface area (TPSA) is 78.3 Å². The van der Waals surface area contributed by atoms with E-state index < -0.39 is 0 Å². The summed E-state index contributed by atoms with van der Waals surface area (Å²) < 4.78 is 12.9. The van der Waals surface area contributed by atoms with Crippen LogP contribution in [0.1, 0.15) is 45.2 Å². The Bertz CT molecular complexity index is 929. The first-order valence-corrected chi connectivity index (χ1v) is 9.17. The number of carbonyl (C=O) groups is 1. The van der Waals surface area contributed by atoms with Gasteiger partial charge in [-0.15, -0.1) is 0 Å². The normalized spacial score (nSPS) is 20.6. The summed E-state index contributed by atoms with van der Waals surface area (Å²) >= 11 is 0. The van der Waals surface area contributed by atoms with Gasteiger partial charge in [0.05, 0.1) is 13.7 Å². The van der Waals surface area contributed by atoms with E-state index in [0.29, 0.717) is 30.5 Å². The molecule has 0 saturated heterocycles. The number of ether oxygens (including phenoxy) is 2. The summed E-state index contributed by atoms with van der Waals surface area (Å²) in [6, 6.07) is 5.44. The predicted molar refractivity (Wildman–Crippen MR) is 101 cm³/mol. The molecule has 1 aromatic carbocycles. The van der Waals surface area contributed by atoms with Gasteiger partial charge in [0.2, 0.25) is 5.95 Å². The van der Waals surface area contributed by atoms with E-state index in [0.717, 1.165) is 23.3 Å². The second-order valence-corrected chi connectivity index (χ2v) is 7.73. The van der Waals surface area contributed by atoms with Crippen molar-refractivity contribution >= 4 is 11.7 Å². The highest BCUT2D eigenvalue weighted by atomic mass is 16.5. The zero-order valence-electron chi connectivity index (χ0n) is 16.1. The minimum atomic E-state index is -0.327. The van der Waals surface area contributed by atoms with Crippen LogP contribution in [0.2, 0.25) is 0 Å². The van der Waals surface area contributed by atoms with Gasteiger partial charge in [-0.05, 0) is 36.5 Å². The number of nitrogens with one attached hydrogen (secondary N) is 1. The smallest absolute Gasteiger partial charge is 0.226 e. The van der Waals surface area contributed by atoms with Crippen LogP contribution in [0.4, 0.5) is 5.95 Å². The van der Waals surface area contributed by atoms with Crippen LogP contribution >= 0.6 is 0 Å². The third-order valence-electron chi connectivity index (χ3n) is 5.08. The minimum Gasteiger partial charge on any atom is -0.493 e. The summed E-state index contributed by atoms with van der Waals surface area (Å²) in [5.74, 6) is 2.12. The van der Waals surface area contributed by atoms with Gasteiger partial charge >= 0.3 is 0 Å². The summed E-state index contributed by atoms with van der Waals surface area (Å²) in [5.41, 5.74) is 2.55. The molecule has 1 aliphatic carbocycles. The van der Waals surface area contributed by atoms with Gasteiger partial charge in [0.1, 0.15) is 12.4 Å². The van der Waals surface area contributed by atoms with E-state index in [1.807, 2.05) is 25.1 Å². The van der Waals surface area contributed by atoms with Crippen molar-refractivity contribution in [2.24, 2.45) is 5.41 Å². The number of rotatable bonds is 4. The molecule has 0 saturated carbocycles. The molecule has 4 rings (SSSR count). The van der Waals surface area contributed by atoms with Gasteiger partial charge in [0.15, 0.2) is 17.3 Å². The van der Waals surface area contributed by atoms with E-state index in [1.165, 1.54) is 6.33 Å². The molecule has 1 aliphatic heterocycles. The Morgan fingerprint density at radius 2 is 2.11 bits per heavy atom. The Kier molecular flexibility index (Phi) is 4.17. The number of nitrogens with zero attached hydrogens (tertiary/aromatic N) is 3. The van der Waals surface area contributed by atoms with Crippen molar-refractivity contribution in [3.63, 3.8) is 0 Å². The highest BCUT2D eigenvalue weighted by Crippen LogP contribution is 2.46. The van der Waals surface area contributed by atoms with Crippen LogP contribution in [0.15, 0.2) is 35.8 Å². The Hall–Kier alpha value is -2.83. The molecule has 0 radical (unpaired) electrons. The number of benzene rings is 1. The SMILES string of the molecule is CCOc1ccc([C@@H]2C3=C(CC(C)(C)CC3=O)Nc3ncnn32)cc1OC. The number of methoxy groups -OCH3 is 1. The van der Waals surface area contributed by atoms with Gasteiger partial charge in [-0.25, -0.2) is 4.68 Å². The maximum Gasteiger partial charge on any atom is 0.226 e. The van der Waals surface area contributed by atoms with Crippen LogP contribution in [0.25, 0.3) is 0 Å². The zero-order chi connectivity index (χ0) is 19.2. The third kappa shape index (κ3) is 2.97. The average Bonchev–Trinajstić information content (AvgIpc) is 3.07. The molecule has 0 unspecified atom stereocenters. The van der Waals surface area contributed by atoms with E-state index in [4.69, 9.17) is 9.47 Å². The van der Waals surface area contributed by atoms with E-state index in [2.05, 4.69) is 29.2 Å². The third-order valence-corrected chi connectivity index (χ3v) is 5.08. The summed E-state index contributed by atoms with van der Waals surface area (Å²) in [7, 11) is 1.62. The van der Waals surface area contributed by atoms with Gasteiger partial charge < -0.3 is 14.8 Å². The number of anilines is 1. The molecule has 1 atom stereocenters. The van der Waals surface area contributed by atoms with Crippen LogP contribution in [-0.2, 0) is 4.79 Å². The maximum absolute atomic E-state index is 13.1. The second kappa shape index (κ2) is 6.40. The molecule has 1 aromatic heterocycles. The van der Waals surface area contributed by atoms with Crippen LogP contribution in [0.3, 0.4) is 0 Å². The second-order valence-electron chi connectivity index (χ2n) is 7.73. The molecule has 7 heteroatoms. The van der Waals surface area contributed by atoms with Crippen LogP contribution in [0, 0.1) is 5.41 Å². The van der Waals surface area contributed by atoms with Crippen molar-refractivity contribution in [1.82, 2.24) is 14.8 Å². The average molecular weight is 368 g/mol. The monoisotopic (exact) mass is 368 g/mol. The quantitative estimate of drug-likeness (QED) is 0.892. The molecule has 0 amide bonds. The van der Waals surface area contributed by atoms with Crippen molar-refractivity contribution in [1.29, 1.82) is 0 Å². The van der Waals surface area contributed by atoms with E-state index in [-0.39, 0.29) is 17.2 Å². The van der Waals surface area contributed by atoms with Crippen molar-refractivity contribution < 1.29 is 14.3 Å². The fraction of sp³-hybridized carbons (Fsp3) is 0.450. The number of fused-ring (bicyclic) bond motifs is 1. The van der Waals surface area contributed by atoms with Gasteiger partial charge in [0, 0.05) is 17.7 Å². The summed E-state index contributed by atoms with van der Waals surface area (Å²) in [6.07, 6.45) is 2.82. The lowest BCUT2D eigenvalue weighted by Gasteiger charge is -2.38. The zero-order valence-corrected chi connectivity index (χ0v) is 16.1. The van der Waals surface area contributed by atoms with Gasteiger partial charge in [0.25, 0.3) is 0 Å². The van der Waals surface area contributed by atoms with E-state index in [1.54, 1.807) is 11.8 Å². The first kappa shape index (κ1) is 17.6. The van der Waals surface area contributed by atoms with Gasteiger partial charge in [-0.3, -0.25) is 4.79 Å². The molecule has 2 aromatic rings. The number of allylic oxidation sites excluding steroid dienone is 2. The Morgan fingerprint density at radius 3 is 2.85 bits per heavy atom. The van der Waals surface area contributed by atoms with Crippen molar-refractivity contribution in [2.45, 2.75) is 39.7 Å². The Balaban J connectivity index is 1.85. The molecule has 27 heavy (non-hydrogen) atoms. The predicted octanol–water partition coefficient (Wildman–Crippen LogP) is 3.34. The molecule has 0 spiro atoms. The number of ketones is 1. The number of carbonyl (C=O) groups excluding carboxylic acids is 1. The first-order valence-electron chi connectivity index (χ1n) is 9.17. The van der Waals surface area contributed by atoms with Crippen molar-refractivity contribution in [3.8, 4) is 11.5 Å².